The highest BCUT2D eigenvalue weighted by Crippen LogP contribution is 2.20. The summed E-state index contributed by atoms with van der Waals surface area (Å²) in [7, 11) is 0. The molecule has 136 valence electrons. The second kappa shape index (κ2) is 7.88. The van der Waals surface area contributed by atoms with Crippen LogP contribution in [0.1, 0.15) is 10.4 Å². The summed E-state index contributed by atoms with van der Waals surface area (Å²) in [5.41, 5.74) is -0.0447. The van der Waals surface area contributed by atoms with Crippen molar-refractivity contribution in [1.82, 2.24) is 19.4 Å². The standard InChI is InChI=1S/C17H16Cl2N4O3/c18-13-8-12(9-14(19)10-13)16(25)22-6-4-21(5-7-22)15(24)11-23-3-1-2-20-17(23)26/h1-3,8-10H,4-7,11H2. The van der Waals surface area contributed by atoms with Gasteiger partial charge < -0.3 is 9.80 Å². The molecule has 1 aromatic heterocycles. The van der Waals surface area contributed by atoms with Crippen LogP contribution in [0.5, 0.6) is 0 Å². The minimum atomic E-state index is -0.465. The average Bonchev–Trinajstić information content (AvgIpc) is 2.62. The van der Waals surface area contributed by atoms with Crippen LogP contribution >= 0.6 is 23.2 Å². The molecule has 1 saturated heterocycles. The van der Waals surface area contributed by atoms with Crippen LogP contribution in [0.15, 0.2) is 41.5 Å². The monoisotopic (exact) mass is 394 g/mol. The lowest BCUT2D eigenvalue weighted by Crippen LogP contribution is -2.51. The molecule has 9 heteroatoms. The Morgan fingerprint density at radius 2 is 1.62 bits per heavy atom. The van der Waals surface area contributed by atoms with Crippen LogP contribution in [0.25, 0.3) is 0 Å². The first-order chi connectivity index (χ1) is 12.4. The van der Waals surface area contributed by atoms with Crippen molar-refractivity contribution in [3.8, 4) is 0 Å². The second-order valence-electron chi connectivity index (χ2n) is 5.86. The Balaban J connectivity index is 1.60. The number of rotatable bonds is 3. The van der Waals surface area contributed by atoms with E-state index in [9.17, 15) is 14.4 Å². The second-order valence-corrected chi connectivity index (χ2v) is 6.73. The molecule has 3 rings (SSSR count). The first-order valence-electron chi connectivity index (χ1n) is 7.98. The summed E-state index contributed by atoms with van der Waals surface area (Å²) in [4.78, 5) is 43.4. The molecule has 1 aromatic carbocycles. The van der Waals surface area contributed by atoms with Crippen molar-refractivity contribution >= 4 is 35.0 Å². The molecule has 0 aliphatic carbocycles. The van der Waals surface area contributed by atoms with Crippen molar-refractivity contribution < 1.29 is 9.59 Å². The molecule has 0 unspecified atom stereocenters. The van der Waals surface area contributed by atoms with Gasteiger partial charge in [-0.3, -0.25) is 14.2 Å². The van der Waals surface area contributed by atoms with E-state index in [0.29, 0.717) is 41.8 Å². The van der Waals surface area contributed by atoms with Crippen molar-refractivity contribution in [2.75, 3.05) is 26.2 Å². The number of aromatic nitrogens is 2. The zero-order chi connectivity index (χ0) is 18.7. The van der Waals surface area contributed by atoms with Gasteiger partial charge in [0, 0.05) is 54.2 Å². The molecule has 0 spiro atoms. The molecule has 0 N–H and O–H groups in total. The summed E-state index contributed by atoms with van der Waals surface area (Å²) in [6.07, 6.45) is 2.91. The fraction of sp³-hybridized carbons (Fsp3) is 0.294. The van der Waals surface area contributed by atoms with E-state index in [-0.39, 0.29) is 18.4 Å². The van der Waals surface area contributed by atoms with E-state index in [2.05, 4.69) is 4.98 Å². The largest absolute Gasteiger partial charge is 0.347 e. The predicted molar refractivity (Wildman–Crippen MR) is 97.4 cm³/mol. The van der Waals surface area contributed by atoms with Crippen LogP contribution < -0.4 is 5.69 Å². The average molecular weight is 395 g/mol. The van der Waals surface area contributed by atoms with E-state index >= 15 is 0 Å². The minimum Gasteiger partial charge on any atom is -0.338 e. The third kappa shape index (κ3) is 4.23. The van der Waals surface area contributed by atoms with Crippen LogP contribution in [0, 0.1) is 0 Å². The molecular weight excluding hydrogens is 379 g/mol. The number of amides is 2. The number of halogens is 2. The van der Waals surface area contributed by atoms with Gasteiger partial charge in [-0.1, -0.05) is 23.2 Å². The molecule has 2 aromatic rings. The van der Waals surface area contributed by atoms with E-state index in [1.165, 1.54) is 17.0 Å². The lowest BCUT2D eigenvalue weighted by molar-refractivity contribution is -0.133. The van der Waals surface area contributed by atoms with Crippen molar-refractivity contribution in [1.29, 1.82) is 0 Å². The lowest BCUT2D eigenvalue weighted by atomic mass is 10.2. The van der Waals surface area contributed by atoms with Gasteiger partial charge in [0.1, 0.15) is 6.54 Å². The van der Waals surface area contributed by atoms with Gasteiger partial charge in [0.25, 0.3) is 5.91 Å². The van der Waals surface area contributed by atoms with Crippen molar-refractivity contribution in [2.45, 2.75) is 6.54 Å². The topological polar surface area (TPSA) is 75.5 Å². The van der Waals surface area contributed by atoms with Crippen molar-refractivity contribution in [2.24, 2.45) is 0 Å². The zero-order valence-corrected chi connectivity index (χ0v) is 15.3. The number of piperazine rings is 1. The van der Waals surface area contributed by atoms with E-state index in [1.54, 1.807) is 34.1 Å². The zero-order valence-electron chi connectivity index (χ0n) is 13.8. The molecule has 0 saturated carbocycles. The summed E-state index contributed by atoms with van der Waals surface area (Å²) in [5, 5.41) is 0.799. The van der Waals surface area contributed by atoms with E-state index < -0.39 is 5.69 Å². The summed E-state index contributed by atoms with van der Waals surface area (Å²) in [6, 6.07) is 6.31. The highest BCUT2D eigenvalue weighted by atomic mass is 35.5. The van der Waals surface area contributed by atoms with Gasteiger partial charge in [-0.15, -0.1) is 0 Å². The number of benzene rings is 1. The Morgan fingerprint density at radius 1 is 1.00 bits per heavy atom. The molecule has 1 aliphatic rings. The number of nitrogens with zero attached hydrogens (tertiary/aromatic N) is 4. The fourth-order valence-corrected chi connectivity index (χ4v) is 3.30. The fourth-order valence-electron chi connectivity index (χ4n) is 2.77. The van der Waals surface area contributed by atoms with Crippen LogP contribution in [0.4, 0.5) is 0 Å². The van der Waals surface area contributed by atoms with E-state index in [1.807, 2.05) is 0 Å². The van der Waals surface area contributed by atoms with Gasteiger partial charge in [-0.25, -0.2) is 9.78 Å². The van der Waals surface area contributed by atoms with Gasteiger partial charge in [0.15, 0.2) is 0 Å². The predicted octanol–water partition coefficient (Wildman–Crippen LogP) is 1.53. The van der Waals surface area contributed by atoms with Crippen LogP contribution in [-0.4, -0.2) is 57.3 Å². The Morgan fingerprint density at radius 3 is 2.23 bits per heavy atom. The smallest absolute Gasteiger partial charge is 0.338 e. The van der Waals surface area contributed by atoms with Crippen LogP contribution in [0.3, 0.4) is 0 Å². The first-order valence-corrected chi connectivity index (χ1v) is 8.74. The Hall–Kier alpha value is -2.38. The van der Waals surface area contributed by atoms with Gasteiger partial charge in [0.2, 0.25) is 5.91 Å². The highest BCUT2D eigenvalue weighted by Gasteiger charge is 2.25. The molecular formula is C17H16Cl2N4O3. The van der Waals surface area contributed by atoms with Gasteiger partial charge in [-0.05, 0) is 24.3 Å². The Bertz CT molecular complexity index is 871. The van der Waals surface area contributed by atoms with E-state index in [4.69, 9.17) is 23.2 Å². The first kappa shape index (κ1) is 18.4. The molecule has 1 fully saturated rings. The maximum absolute atomic E-state index is 12.6. The summed E-state index contributed by atoms with van der Waals surface area (Å²) >= 11 is 11.9. The summed E-state index contributed by atoms with van der Waals surface area (Å²) in [6.45, 7) is 1.53. The third-order valence-corrected chi connectivity index (χ3v) is 4.55. The molecule has 26 heavy (non-hydrogen) atoms. The highest BCUT2D eigenvalue weighted by molar-refractivity contribution is 6.35. The summed E-state index contributed by atoms with van der Waals surface area (Å²) in [5.74, 6) is -0.358. The van der Waals surface area contributed by atoms with Gasteiger partial charge in [-0.2, -0.15) is 0 Å². The Labute approximate surface area is 159 Å². The van der Waals surface area contributed by atoms with Gasteiger partial charge >= 0.3 is 5.69 Å². The number of hydrogen-bond acceptors (Lipinski definition) is 4. The molecule has 1 aliphatic heterocycles. The number of carbonyl (C=O) groups is 2. The maximum Gasteiger partial charge on any atom is 0.347 e. The SMILES string of the molecule is O=C(Cn1cccnc1=O)N1CCN(C(=O)c2cc(Cl)cc(Cl)c2)CC1. The third-order valence-electron chi connectivity index (χ3n) is 4.12. The molecule has 0 radical (unpaired) electrons. The minimum absolute atomic E-state index is 0.0650. The molecule has 7 nitrogen and oxygen atoms in total. The lowest BCUT2D eigenvalue weighted by Gasteiger charge is -2.35. The van der Waals surface area contributed by atoms with Crippen molar-refractivity contribution in [3.05, 3.63) is 62.8 Å². The molecule has 0 atom stereocenters. The van der Waals surface area contributed by atoms with E-state index in [0.717, 1.165) is 0 Å². The number of carbonyl (C=O) groups excluding carboxylic acids is 2. The van der Waals surface area contributed by atoms with Gasteiger partial charge in [0.05, 0.1) is 0 Å². The normalized spacial score (nSPS) is 14.4. The summed E-state index contributed by atoms with van der Waals surface area (Å²) < 4.78 is 1.26. The molecule has 0 bridgehead atoms. The van der Waals surface area contributed by atoms with Crippen LogP contribution in [0.2, 0.25) is 10.0 Å². The molecule has 2 amide bonds. The van der Waals surface area contributed by atoms with Crippen LogP contribution in [-0.2, 0) is 11.3 Å². The molecule has 2 heterocycles. The maximum atomic E-state index is 12.6. The quantitative estimate of drug-likeness (QED) is 0.790. The number of hydrogen-bond donors (Lipinski definition) is 0. The van der Waals surface area contributed by atoms with Crippen molar-refractivity contribution in [3.63, 3.8) is 0 Å². The Kier molecular flexibility index (Phi) is 5.58.